The van der Waals surface area contributed by atoms with Crippen molar-refractivity contribution >= 4 is 46.4 Å². The highest BCUT2D eigenvalue weighted by molar-refractivity contribution is 6.38. The first kappa shape index (κ1) is 23.0. The predicted molar refractivity (Wildman–Crippen MR) is 116 cm³/mol. The Morgan fingerprint density at radius 2 is 1.39 bits per heavy atom. The van der Waals surface area contributed by atoms with Crippen molar-refractivity contribution < 1.29 is 14.6 Å². The number of terminal acetylenes is 1. The second kappa shape index (κ2) is 11.0. The Labute approximate surface area is 185 Å². The lowest BCUT2D eigenvalue weighted by Crippen LogP contribution is -2.17. The normalized spacial score (nSPS) is 11.8. The molecule has 0 aliphatic carbocycles. The summed E-state index contributed by atoms with van der Waals surface area (Å²) in [5.74, 6) is 3.16. The van der Waals surface area contributed by atoms with E-state index in [9.17, 15) is 5.11 Å². The molecule has 0 saturated heterocycles. The number of hydrogen-bond acceptors (Lipinski definition) is 3. The smallest absolute Gasteiger partial charge is 0.156 e. The van der Waals surface area contributed by atoms with Crippen LogP contribution in [0, 0.1) is 12.3 Å². The van der Waals surface area contributed by atoms with E-state index in [1.54, 1.807) is 24.3 Å². The van der Waals surface area contributed by atoms with Gasteiger partial charge in [0.25, 0.3) is 0 Å². The molecule has 0 spiro atoms. The number of aliphatic hydroxyl groups excluding tert-OH is 1. The summed E-state index contributed by atoms with van der Waals surface area (Å²) in [5.41, 5.74) is 1.75. The minimum atomic E-state index is -0.783. The van der Waals surface area contributed by atoms with Crippen LogP contribution in [0.1, 0.15) is 30.9 Å². The van der Waals surface area contributed by atoms with Crippen molar-refractivity contribution in [3.8, 4) is 23.8 Å². The van der Waals surface area contributed by atoms with Gasteiger partial charge in [-0.1, -0.05) is 53.3 Å². The van der Waals surface area contributed by atoms with Crippen molar-refractivity contribution in [1.29, 1.82) is 0 Å². The summed E-state index contributed by atoms with van der Waals surface area (Å²) in [6, 6.07) is 7.11. The van der Waals surface area contributed by atoms with Crippen LogP contribution in [0.2, 0.25) is 20.1 Å². The highest BCUT2D eigenvalue weighted by Crippen LogP contribution is 2.37. The van der Waals surface area contributed by atoms with Crippen molar-refractivity contribution in [3.63, 3.8) is 0 Å². The van der Waals surface area contributed by atoms with E-state index in [-0.39, 0.29) is 13.0 Å². The van der Waals surface area contributed by atoms with Crippen LogP contribution in [0.4, 0.5) is 0 Å². The number of hydrogen-bond donors (Lipinski definition) is 1. The van der Waals surface area contributed by atoms with Crippen LogP contribution in [0.5, 0.6) is 11.5 Å². The molecule has 0 aliphatic rings. The van der Waals surface area contributed by atoms with Gasteiger partial charge in [-0.05, 0) is 48.2 Å². The molecule has 7 heteroatoms. The zero-order valence-corrected chi connectivity index (χ0v) is 18.3. The van der Waals surface area contributed by atoms with E-state index in [0.29, 0.717) is 44.6 Å². The lowest BCUT2D eigenvalue weighted by Gasteiger charge is -2.15. The summed E-state index contributed by atoms with van der Waals surface area (Å²) in [7, 11) is 0. The van der Waals surface area contributed by atoms with Gasteiger partial charge in [0.05, 0.1) is 32.8 Å². The van der Waals surface area contributed by atoms with Crippen LogP contribution in [-0.4, -0.2) is 24.4 Å². The van der Waals surface area contributed by atoms with E-state index in [0.717, 1.165) is 17.5 Å². The first-order chi connectivity index (χ1) is 13.3. The zero-order chi connectivity index (χ0) is 20.7. The molecule has 2 aromatic rings. The first-order valence-electron chi connectivity index (χ1n) is 8.68. The molecule has 2 rings (SSSR count). The molecule has 0 amide bonds. The van der Waals surface area contributed by atoms with Gasteiger partial charge in [0.2, 0.25) is 0 Å². The predicted octanol–water partition coefficient (Wildman–Crippen LogP) is 6.44. The molecule has 150 valence electrons. The van der Waals surface area contributed by atoms with Crippen molar-refractivity contribution in [2.75, 3.05) is 13.2 Å². The van der Waals surface area contributed by atoms with Crippen LogP contribution in [0.3, 0.4) is 0 Å². The van der Waals surface area contributed by atoms with E-state index in [1.807, 2.05) is 6.92 Å². The van der Waals surface area contributed by atoms with E-state index in [1.165, 1.54) is 0 Å². The molecule has 1 N–H and O–H groups in total. The maximum Gasteiger partial charge on any atom is 0.156 e. The van der Waals surface area contributed by atoms with Gasteiger partial charge < -0.3 is 14.6 Å². The quantitative estimate of drug-likeness (QED) is 0.436. The second-order valence-electron chi connectivity index (χ2n) is 6.18. The average Bonchev–Trinajstić information content (AvgIpc) is 2.60. The van der Waals surface area contributed by atoms with Crippen LogP contribution < -0.4 is 9.47 Å². The summed E-state index contributed by atoms with van der Waals surface area (Å²) < 4.78 is 11.1. The molecule has 1 atom stereocenters. The van der Waals surface area contributed by atoms with E-state index >= 15 is 0 Å². The fraction of sp³-hybridized carbons (Fsp3) is 0.333. The Kier molecular flexibility index (Phi) is 9.08. The van der Waals surface area contributed by atoms with Crippen molar-refractivity contribution in [3.05, 3.63) is 55.5 Å². The number of ether oxygens (including phenoxy) is 2. The zero-order valence-electron chi connectivity index (χ0n) is 15.3. The van der Waals surface area contributed by atoms with Gasteiger partial charge in [0.15, 0.2) is 11.5 Å². The molecule has 3 nitrogen and oxygen atoms in total. The molecule has 0 radical (unpaired) electrons. The average molecular weight is 462 g/mol. The van der Waals surface area contributed by atoms with Crippen molar-refractivity contribution in [2.45, 2.75) is 32.3 Å². The third-order valence-electron chi connectivity index (χ3n) is 3.75. The van der Waals surface area contributed by atoms with Gasteiger partial charge in [-0.3, -0.25) is 0 Å². The first-order valence-corrected chi connectivity index (χ1v) is 10.2. The van der Waals surface area contributed by atoms with Crippen LogP contribution in [0.15, 0.2) is 24.3 Å². The third kappa shape index (κ3) is 6.37. The molecule has 1 unspecified atom stereocenters. The van der Waals surface area contributed by atoms with Crippen LogP contribution >= 0.6 is 46.4 Å². The van der Waals surface area contributed by atoms with Gasteiger partial charge in [-0.25, -0.2) is 0 Å². The van der Waals surface area contributed by atoms with Gasteiger partial charge >= 0.3 is 0 Å². The molecule has 0 aromatic heterocycles. The van der Waals surface area contributed by atoms with Gasteiger partial charge in [0, 0.05) is 6.42 Å². The second-order valence-corrected chi connectivity index (χ2v) is 7.80. The highest BCUT2D eigenvalue weighted by atomic mass is 35.5. The Morgan fingerprint density at radius 1 is 0.929 bits per heavy atom. The molecule has 0 saturated carbocycles. The minimum absolute atomic E-state index is 0.00737. The molecule has 0 heterocycles. The number of benzene rings is 2. The summed E-state index contributed by atoms with van der Waals surface area (Å²) in [4.78, 5) is 0. The van der Waals surface area contributed by atoms with E-state index in [4.69, 9.17) is 62.3 Å². The molecular weight excluding hydrogens is 442 g/mol. The van der Waals surface area contributed by atoms with Gasteiger partial charge in [-0.15, -0.1) is 12.3 Å². The largest absolute Gasteiger partial charge is 0.490 e. The Hall–Kier alpha value is -1.28. The van der Waals surface area contributed by atoms with Gasteiger partial charge in [-0.2, -0.15) is 0 Å². The fourth-order valence-electron chi connectivity index (χ4n) is 2.52. The Bertz CT molecular complexity index is 815. The monoisotopic (exact) mass is 460 g/mol. The number of aliphatic hydroxyl groups is 1. The lowest BCUT2D eigenvalue weighted by atomic mass is 10.0. The van der Waals surface area contributed by atoms with Gasteiger partial charge in [0.1, 0.15) is 6.61 Å². The number of halogens is 4. The summed E-state index contributed by atoms with van der Waals surface area (Å²) in [6.07, 6.45) is 5.95. The fourth-order valence-corrected chi connectivity index (χ4v) is 3.80. The van der Waals surface area contributed by atoms with Crippen molar-refractivity contribution in [1.82, 2.24) is 0 Å². The standard InChI is InChI=1S/C21H20Cl4O3/c1-3-5-15(26)12-28-21-18(24)10-14(11-19(21)25)7-13-8-16(22)20(17(23)9-13)27-6-4-2/h1,8-11,15,26H,4-7,12H2,2H3. The number of rotatable bonds is 9. The Morgan fingerprint density at radius 3 is 1.82 bits per heavy atom. The molecule has 2 aromatic carbocycles. The molecule has 0 bridgehead atoms. The lowest BCUT2D eigenvalue weighted by molar-refractivity contribution is 0.112. The maximum absolute atomic E-state index is 9.68. The van der Waals surface area contributed by atoms with Crippen LogP contribution in [0.25, 0.3) is 0 Å². The highest BCUT2D eigenvalue weighted by Gasteiger charge is 2.14. The van der Waals surface area contributed by atoms with Crippen molar-refractivity contribution in [2.24, 2.45) is 0 Å². The van der Waals surface area contributed by atoms with E-state index in [2.05, 4.69) is 5.92 Å². The molecular formula is C21H20Cl4O3. The topological polar surface area (TPSA) is 38.7 Å². The summed E-state index contributed by atoms with van der Waals surface area (Å²) in [6.45, 7) is 2.56. The maximum atomic E-state index is 9.68. The van der Waals surface area contributed by atoms with E-state index < -0.39 is 6.10 Å². The SMILES string of the molecule is C#CCC(O)COc1c(Cl)cc(Cc2cc(Cl)c(OCCC)c(Cl)c2)cc1Cl. The third-order valence-corrected chi connectivity index (χ3v) is 4.87. The molecule has 0 aliphatic heterocycles. The molecule has 0 fully saturated rings. The van der Waals surface area contributed by atoms with Crippen LogP contribution in [-0.2, 0) is 6.42 Å². The Balaban J connectivity index is 2.16. The minimum Gasteiger partial charge on any atom is -0.490 e. The molecule has 28 heavy (non-hydrogen) atoms. The summed E-state index contributed by atoms with van der Waals surface area (Å²) in [5, 5.41) is 11.3. The summed E-state index contributed by atoms with van der Waals surface area (Å²) >= 11 is 25.2.